The van der Waals surface area contributed by atoms with E-state index in [1.165, 1.54) is 0 Å². The summed E-state index contributed by atoms with van der Waals surface area (Å²) in [5, 5.41) is 20.0. The number of carbonyl (C=O) groups excluding carboxylic acids is 1. The first kappa shape index (κ1) is 14.4. The molecular formula is C14H19N3O3. The van der Waals surface area contributed by atoms with Crippen LogP contribution in [0.3, 0.4) is 0 Å². The lowest BCUT2D eigenvalue weighted by molar-refractivity contribution is -0.144. The Morgan fingerprint density at radius 1 is 1.35 bits per heavy atom. The van der Waals surface area contributed by atoms with E-state index in [1.807, 2.05) is 6.92 Å². The van der Waals surface area contributed by atoms with Crippen LogP contribution < -0.4 is 5.32 Å². The minimum atomic E-state index is -1.13. The number of carboxylic acids is 1. The van der Waals surface area contributed by atoms with E-state index in [-0.39, 0.29) is 5.91 Å². The molecule has 2 N–H and O–H groups in total. The topological polar surface area (TPSA) is 92.2 Å². The third-order valence-electron chi connectivity index (χ3n) is 3.79. The zero-order valence-corrected chi connectivity index (χ0v) is 11.8. The summed E-state index contributed by atoms with van der Waals surface area (Å²) in [7, 11) is 0. The molecule has 1 aromatic heterocycles. The van der Waals surface area contributed by atoms with Crippen LogP contribution in [0.1, 0.15) is 54.4 Å². The number of aromatic nitrogens is 2. The molecule has 1 aromatic rings. The minimum Gasteiger partial charge on any atom is -0.480 e. The fourth-order valence-electron chi connectivity index (χ4n) is 2.63. The van der Waals surface area contributed by atoms with Crippen molar-refractivity contribution in [1.29, 1.82) is 0 Å². The molecule has 1 aliphatic rings. The summed E-state index contributed by atoms with van der Waals surface area (Å²) >= 11 is 0. The van der Waals surface area contributed by atoms with Crippen molar-refractivity contribution in [3.05, 3.63) is 23.0 Å². The van der Waals surface area contributed by atoms with Crippen LogP contribution in [0.5, 0.6) is 0 Å². The zero-order valence-electron chi connectivity index (χ0n) is 11.8. The molecule has 0 saturated heterocycles. The summed E-state index contributed by atoms with van der Waals surface area (Å²) in [5.41, 5.74) is 0.529. The maximum absolute atomic E-state index is 12.4. The fourth-order valence-corrected chi connectivity index (χ4v) is 2.63. The predicted molar refractivity (Wildman–Crippen MR) is 72.4 cm³/mol. The molecule has 108 valence electrons. The molecule has 0 bridgehead atoms. The van der Waals surface area contributed by atoms with Gasteiger partial charge in [0.2, 0.25) is 0 Å². The van der Waals surface area contributed by atoms with E-state index in [4.69, 9.17) is 0 Å². The maximum atomic E-state index is 12.4. The number of nitrogens with zero attached hydrogens (tertiary/aromatic N) is 2. The van der Waals surface area contributed by atoms with E-state index in [1.54, 1.807) is 13.0 Å². The van der Waals surface area contributed by atoms with Crippen molar-refractivity contribution < 1.29 is 14.7 Å². The highest BCUT2D eigenvalue weighted by Crippen LogP contribution is 2.30. The van der Waals surface area contributed by atoms with E-state index in [0.717, 1.165) is 12.8 Å². The highest BCUT2D eigenvalue weighted by atomic mass is 16.4. The Hall–Kier alpha value is -1.98. The highest BCUT2D eigenvalue weighted by molar-refractivity contribution is 5.98. The molecule has 6 nitrogen and oxygen atoms in total. The molecule has 0 radical (unpaired) electrons. The molecule has 20 heavy (non-hydrogen) atoms. The Labute approximate surface area is 117 Å². The van der Waals surface area contributed by atoms with E-state index >= 15 is 0 Å². The molecule has 1 saturated carbocycles. The van der Waals surface area contributed by atoms with Crippen molar-refractivity contribution in [3.63, 3.8) is 0 Å². The van der Waals surface area contributed by atoms with Crippen LogP contribution in [0.25, 0.3) is 0 Å². The number of aryl methyl sites for hydroxylation is 2. The highest BCUT2D eigenvalue weighted by Gasteiger charge is 2.43. The molecule has 6 heteroatoms. The van der Waals surface area contributed by atoms with Crippen molar-refractivity contribution in [2.75, 3.05) is 0 Å². The summed E-state index contributed by atoms with van der Waals surface area (Å²) in [6.07, 6.45) is 3.18. The van der Waals surface area contributed by atoms with Gasteiger partial charge in [0.25, 0.3) is 5.91 Å². The molecule has 1 heterocycles. The molecule has 0 spiro atoms. The Bertz CT molecular complexity index is 536. The van der Waals surface area contributed by atoms with Gasteiger partial charge in [-0.1, -0.05) is 19.8 Å². The van der Waals surface area contributed by atoms with Crippen molar-refractivity contribution in [1.82, 2.24) is 15.5 Å². The van der Waals surface area contributed by atoms with Gasteiger partial charge in [-0.05, 0) is 32.3 Å². The van der Waals surface area contributed by atoms with Gasteiger partial charge in [0.15, 0.2) is 0 Å². The smallest absolute Gasteiger partial charge is 0.329 e. The van der Waals surface area contributed by atoms with Gasteiger partial charge in [-0.15, -0.1) is 0 Å². The van der Waals surface area contributed by atoms with E-state index in [2.05, 4.69) is 15.5 Å². The zero-order chi connectivity index (χ0) is 14.8. The van der Waals surface area contributed by atoms with Crippen molar-refractivity contribution in [2.24, 2.45) is 0 Å². The Morgan fingerprint density at radius 3 is 2.55 bits per heavy atom. The molecule has 0 aromatic carbocycles. The van der Waals surface area contributed by atoms with Gasteiger partial charge in [0, 0.05) is 0 Å². The second-order valence-electron chi connectivity index (χ2n) is 5.25. The van der Waals surface area contributed by atoms with Crippen LogP contribution in [0.4, 0.5) is 0 Å². The molecule has 1 aliphatic carbocycles. The summed E-state index contributed by atoms with van der Waals surface area (Å²) in [6, 6.07) is 1.66. The fraction of sp³-hybridized carbons (Fsp3) is 0.571. The van der Waals surface area contributed by atoms with Gasteiger partial charge in [0.1, 0.15) is 5.54 Å². The third kappa shape index (κ3) is 2.64. The lowest BCUT2D eigenvalue weighted by Crippen LogP contribution is -2.52. The summed E-state index contributed by atoms with van der Waals surface area (Å²) in [5.74, 6) is -1.33. The predicted octanol–water partition coefficient (Wildman–Crippen LogP) is 1.47. The van der Waals surface area contributed by atoms with Crippen LogP contribution in [-0.2, 0) is 11.2 Å². The number of aliphatic carboxylic acids is 1. The molecular weight excluding hydrogens is 258 g/mol. The Morgan fingerprint density at radius 2 is 2.00 bits per heavy atom. The molecule has 1 fully saturated rings. The molecule has 0 atom stereocenters. The monoisotopic (exact) mass is 277 g/mol. The van der Waals surface area contributed by atoms with Crippen molar-refractivity contribution >= 4 is 11.9 Å². The first-order valence-electron chi connectivity index (χ1n) is 6.87. The van der Waals surface area contributed by atoms with Gasteiger partial charge in [-0.3, -0.25) is 4.79 Å². The lowest BCUT2D eigenvalue weighted by Gasteiger charge is -2.25. The number of hydrogen-bond acceptors (Lipinski definition) is 4. The number of hydrogen-bond donors (Lipinski definition) is 2. The number of carbonyl (C=O) groups is 2. The number of rotatable bonds is 4. The average Bonchev–Trinajstić information content (AvgIpc) is 2.88. The SMILES string of the molecule is CCc1nnc(C)cc1C(=O)NC1(C(=O)O)CCCC1. The normalized spacial score (nSPS) is 16.9. The largest absolute Gasteiger partial charge is 0.480 e. The summed E-state index contributed by atoms with van der Waals surface area (Å²) < 4.78 is 0. The number of carboxylic acid groups (broad SMARTS) is 1. The van der Waals surface area contributed by atoms with Gasteiger partial charge in [-0.2, -0.15) is 10.2 Å². The molecule has 1 amide bonds. The minimum absolute atomic E-state index is 0.371. The first-order valence-corrected chi connectivity index (χ1v) is 6.87. The Balaban J connectivity index is 2.28. The molecule has 2 rings (SSSR count). The van der Waals surface area contributed by atoms with Crippen LogP contribution in [0, 0.1) is 6.92 Å². The van der Waals surface area contributed by atoms with Crippen molar-refractivity contribution in [3.8, 4) is 0 Å². The van der Waals surface area contributed by atoms with E-state index < -0.39 is 11.5 Å². The van der Waals surface area contributed by atoms with Gasteiger partial charge in [0.05, 0.1) is 17.0 Å². The second-order valence-corrected chi connectivity index (χ2v) is 5.25. The maximum Gasteiger partial charge on any atom is 0.329 e. The average molecular weight is 277 g/mol. The summed E-state index contributed by atoms with van der Waals surface area (Å²) in [4.78, 5) is 23.9. The number of amides is 1. The van der Waals surface area contributed by atoms with E-state index in [9.17, 15) is 14.7 Å². The quantitative estimate of drug-likeness (QED) is 0.869. The van der Waals surface area contributed by atoms with Gasteiger partial charge >= 0.3 is 5.97 Å². The van der Waals surface area contributed by atoms with Crippen LogP contribution in [0.2, 0.25) is 0 Å². The van der Waals surface area contributed by atoms with Crippen LogP contribution >= 0.6 is 0 Å². The van der Waals surface area contributed by atoms with Crippen LogP contribution in [0.15, 0.2) is 6.07 Å². The lowest BCUT2D eigenvalue weighted by atomic mass is 9.97. The van der Waals surface area contributed by atoms with Gasteiger partial charge in [-0.25, -0.2) is 4.79 Å². The molecule has 0 unspecified atom stereocenters. The Kier molecular flexibility index (Phi) is 4.01. The van der Waals surface area contributed by atoms with Crippen LogP contribution in [-0.4, -0.2) is 32.7 Å². The van der Waals surface area contributed by atoms with Crippen molar-refractivity contribution in [2.45, 2.75) is 51.5 Å². The number of nitrogens with one attached hydrogen (secondary N) is 1. The van der Waals surface area contributed by atoms with Gasteiger partial charge < -0.3 is 10.4 Å². The third-order valence-corrected chi connectivity index (χ3v) is 3.79. The summed E-state index contributed by atoms with van der Waals surface area (Å²) in [6.45, 7) is 3.64. The molecule has 0 aliphatic heterocycles. The first-order chi connectivity index (χ1) is 9.48. The standard InChI is InChI=1S/C14H19N3O3/c1-3-11-10(8-9(2)16-17-11)12(18)15-14(13(19)20)6-4-5-7-14/h8H,3-7H2,1-2H3,(H,15,18)(H,19,20). The van der Waals surface area contributed by atoms with E-state index in [0.29, 0.717) is 36.2 Å². The second kappa shape index (κ2) is 5.56.